The number of thiazole rings is 1. The van der Waals surface area contributed by atoms with E-state index in [0.717, 1.165) is 17.1 Å². The Balaban J connectivity index is 2.16. The molecule has 0 spiro atoms. The van der Waals surface area contributed by atoms with Gasteiger partial charge in [-0.05, 0) is 12.1 Å². The second-order valence-electron chi connectivity index (χ2n) is 4.06. The average molecular weight is 316 g/mol. The van der Waals surface area contributed by atoms with E-state index in [4.69, 9.17) is 5.73 Å². The van der Waals surface area contributed by atoms with E-state index >= 15 is 0 Å². The summed E-state index contributed by atoms with van der Waals surface area (Å²) in [5.41, 5.74) is 3.97. The molecule has 0 aliphatic carbocycles. The van der Waals surface area contributed by atoms with Gasteiger partial charge in [-0.3, -0.25) is 4.79 Å². The highest BCUT2D eigenvalue weighted by Crippen LogP contribution is 2.29. The van der Waals surface area contributed by atoms with Crippen LogP contribution in [0.4, 0.5) is 19.0 Å². The molecule has 0 radical (unpaired) electrons. The standard InChI is InChI=1S/C12H11F3N4OS/c13-12(14,15)8-2-1-7(10(16)20)11(19-8)18-4-3-9-17-5-6-21-9/h1-2,5-6H,3-4H2,(H2,16,20)(H,18,19). The molecule has 2 heterocycles. The number of alkyl halides is 3. The molecule has 0 unspecified atom stereocenters. The first-order chi connectivity index (χ1) is 9.88. The van der Waals surface area contributed by atoms with Gasteiger partial charge in [0.25, 0.3) is 5.91 Å². The summed E-state index contributed by atoms with van der Waals surface area (Å²) < 4.78 is 37.9. The van der Waals surface area contributed by atoms with E-state index in [2.05, 4.69) is 15.3 Å². The number of pyridine rings is 1. The maximum absolute atomic E-state index is 12.6. The monoisotopic (exact) mass is 316 g/mol. The Bertz CT molecular complexity index is 628. The second kappa shape index (κ2) is 6.08. The number of nitrogens with two attached hydrogens (primary N) is 1. The summed E-state index contributed by atoms with van der Waals surface area (Å²) in [6, 6.07) is 1.75. The molecule has 0 aliphatic heterocycles. The smallest absolute Gasteiger partial charge is 0.369 e. The molecule has 2 aromatic heterocycles. The quantitative estimate of drug-likeness (QED) is 0.887. The van der Waals surface area contributed by atoms with Crippen LogP contribution in [-0.4, -0.2) is 22.4 Å². The van der Waals surface area contributed by atoms with Crippen LogP contribution in [0.15, 0.2) is 23.7 Å². The van der Waals surface area contributed by atoms with Gasteiger partial charge in [-0.2, -0.15) is 13.2 Å². The SMILES string of the molecule is NC(=O)c1ccc(C(F)(F)F)nc1NCCc1nccs1. The fourth-order valence-electron chi connectivity index (χ4n) is 1.61. The molecule has 5 nitrogen and oxygen atoms in total. The largest absolute Gasteiger partial charge is 0.433 e. The van der Waals surface area contributed by atoms with Crippen LogP contribution in [0.2, 0.25) is 0 Å². The Morgan fingerprint density at radius 1 is 1.38 bits per heavy atom. The van der Waals surface area contributed by atoms with E-state index in [-0.39, 0.29) is 11.4 Å². The van der Waals surface area contributed by atoms with Crippen LogP contribution in [0.3, 0.4) is 0 Å². The molecule has 0 aliphatic rings. The van der Waals surface area contributed by atoms with Crippen LogP contribution in [0.5, 0.6) is 0 Å². The molecule has 0 aromatic carbocycles. The van der Waals surface area contributed by atoms with Crippen LogP contribution < -0.4 is 11.1 Å². The number of carbonyl (C=O) groups is 1. The molecular formula is C12H11F3N4OS. The van der Waals surface area contributed by atoms with E-state index in [9.17, 15) is 18.0 Å². The van der Waals surface area contributed by atoms with Crippen molar-refractivity contribution < 1.29 is 18.0 Å². The summed E-state index contributed by atoms with van der Waals surface area (Å²) in [7, 11) is 0. The highest BCUT2D eigenvalue weighted by Gasteiger charge is 2.33. The summed E-state index contributed by atoms with van der Waals surface area (Å²) in [6.07, 6.45) is -2.44. The first-order valence-electron chi connectivity index (χ1n) is 5.88. The molecule has 1 amide bonds. The number of hydrogen-bond acceptors (Lipinski definition) is 5. The summed E-state index contributed by atoms with van der Waals surface area (Å²) >= 11 is 1.43. The zero-order valence-electron chi connectivity index (χ0n) is 10.6. The molecule has 0 saturated heterocycles. The number of nitrogens with one attached hydrogen (secondary N) is 1. The van der Waals surface area contributed by atoms with Gasteiger partial charge >= 0.3 is 6.18 Å². The number of halogens is 3. The van der Waals surface area contributed by atoms with Gasteiger partial charge in [0.15, 0.2) is 0 Å². The van der Waals surface area contributed by atoms with Crippen molar-refractivity contribution in [3.05, 3.63) is 40.0 Å². The lowest BCUT2D eigenvalue weighted by Gasteiger charge is -2.12. The van der Waals surface area contributed by atoms with Crippen molar-refractivity contribution in [1.29, 1.82) is 0 Å². The third-order valence-electron chi connectivity index (χ3n) is 2.57. The van der Waals surface area contributed by atoms with E-state index in [1.54, 1.807) is 11.6 Å². The lowest BCUT2D eigenvalue weighted by Crippen LogP contribution is -2.19. The van der Waals surface area contributed by atoms with Crippen molar-refractivity contribution in [2.24, 2.45) is 5.73 Å². The number of aromatic nitrogens is 2. The van der Waals surface area contributed by atoms with Gasteiger partial charge < -0.3 is 11.1 Å². The summed E-state index contributed by atoms with van der Waals surface area (Å²) in [5, 5.41) is 5.33. The van der Waals surface area contributed by atoms with Crippen LogP contribution in [-0.2, 0) is 12.6 Å². The van der Waals surface area contributed by atoms with E-state index in [1.165, 1.54) is 11.3 Å². The van der Waals surface area contributed by atoms with Crippen molar-refractivity contribution in [1.82, 2.24) is 9.97 Å². The molecular weight excluding hydrogens is 305 g/mol. The normalized spacial score (nSPS) is 11.4. The van der Waals surface area contributed by atoms with Gasteiger partial charge in [0.1, 0.15) is 11.5 Å². The summed E-state index contributed by atoms with van der Waals surface area (Å²) in [6.45, 7) is 0.294. The average Bonchev–Trinajstić information content (AvgIpc) is 2.90. The van der Waals surface area contributed by atoms with Crippen LogP contribution in [0.25, 0.3) is 0 Å². The van der Waals surface area contributed by atoms with Crippen molar-refractivity contribution in [2.75, 3.05) is 11.9 Å². The molecule has 0 atom stereocenters. The molecule has 9 heteroatoms. The van der Waals surface area contributed by atoms with E-state index in [0.29, 0.717) is 13.0 Å². The van der Waals surface area contributed by atoms with Crippen LogP contribution >= 0.6 is 11.3 Å². The Labute approximate surface area is 122 Å². The van der Waals surface area contributed by atoms with Gasteiger partial charge in [-0.25, -0.2) is 9.97 Å². The van der Waals surface area contributed by atoms with Gasteiger partial charge in [0.05, 0.1) is 10.6 Å². The highest BCUT2D eigenvalue weighted by molar-refractivity contribution is 7.09. The first kappa shape index (κ1) is 15.2. The molecule has 112 valence electrons. The zero-order chi connectivity index (χ0) is 15.5. The molecule has 2 rings (SSSR count). The predicted molar refractivity (Wildman–Crippen MR) is 72.1 cm³/mol. The number of amides is 1. The highest BCUT2D eigenvalue weighted by atomic mass is 32.1. The van der Waals surface area contributed by atoms with Crippen LogP contribution in [0, 0.1) is 0 Å². The van der Waals surface area contributed by atoms with Crippen LogP contribution in [0.1, 0.15) is 21.1 Å². The Hall–Kier alpha value is -2.16. The van der Waals surface area contributed by atoms with Crippen molar-refractivity contribution in [3.8, 4) is 0 Å². The Kier molecular flexibility index (Phi) is 4.41. The molecule has 0 bridgehead atoms. The predicted octanol–water partition coefficient (Wildman–Crippen LogP) is 2.31. The lowest BCUT2D eigenvalue weighted by atomic mass is 10.2. The van der Waals surface area contributed by atoms with E-state index < -0.39 is 17.8 Å². The number of carbonyl (C=O) groups excluding carboxylic acids is 1. The maximum atomic E-state index is 12.6. The zero-order valence-corrected chi connectivity index (χ0v) is 11.5. The van der Waals surface area contributed by atoms with E-state index in [1.807, 2.05) is 0 Å². The number of hydrogen-bond donors (Lipinski definition) is 2. The number of anilines is 1. The van der Waals surface area contributed by atoms with Gasteiger partial charge in [0.2, 0.25) is 0 Å². The van der Waals surface area contributed by atoms with Gasteiger partial charge in [-0.15, -0.1) is 11.3 Å². The molecule has 3 N–H and O–H groups in total. The number of primary amides is 1. The molecule has 0 fully saturated rings. The minimum atomic E-state index is -4.58. The molecule has 21 heavy (non-hydrogen) atoms. The second-order valence-corrected chi connectivity index (χ2v) is 5.04. The van der Waals surface area contributed by atoms with Crippen molar-refractivity contribution in [3.63, 3.8) is 0 Å². The fraction of sp³-hybridized carbons (Fsp3) is 0.250. The van der Waals surface area contributed by atoms with Gasteiger partial charge in [-0.1, -0.05) is 0 Å². The third kappa shape index (κ3) is 3.91. The topological polar surface area (TPSA) is 80.9 Å². The van der Waals surface area contributed by atoms with Crippen molar-refractivity contribution in [2.45, 2.75) is 12.6 Å². The number of nitrogens with zero attached hydrogens (tertiary/aromatic N) is 2. The Morgan fingerprint density at radius 2 is 2.14 bits per heavy atom. The lowest BCUT2D eigenvalue weighted by molar-refractivity contribution is -0.141. The maximum Gasteiger partial charge on any atom is 0.433 e. The minimum Gasteiger partial charge on any atom is -0.369 e. The molecule has 0 saturated carbocycles. The first-order valence-corrected chi connectivity index (χ1v) is 6.76. The summed E-state index contributed by atoms with van der Waals surface area (Å²) in [4.78, 5) is 18.7. The third-order valence-corrected chi connectivity index (χ3v) is 3.41. The van der Waals surface area contributed by atoms with Crippen molar-refractivity contribution >= 4 is 23.1 Å². The number of rotatable bonds is 5. The fourth-order valence-corrected chi connectivity index (χ4v) is 2.24. The molecule has 2 aromatic rings. The summed E-state index contributed by atoms with van der Waals surface area (Å²) in [5.74, 6) is -1.01. The minimum absolute atomic E-state index is 0.0814. The Morgan fingerprint density at radius 3 is 2.71 bits per heavy atom. The van der Waals surface area contributed by atoms with Gasteiger partial charge in [0, 0.05) is 24.5 Å².